The number of aromatic nitrogens is 1. The van der Waals surface area contributed by atoms with E-state index in [-0.39, 0.29) is 11.9 Å². The van der Waals surface area contributed by atoms with Crippen LogP contribution in [0.2, 0.25) is 0 Å². The fourth-order valence-electron chi connectivity index (χ4n) is 2.58. The van der Waals surface area contributed by atoms with Crippen molar-refractivity contribution >= 4 is 22.4 Å². The van der Waals surface area contributed by atoms with Crippen molar-refractivity contribution in [3.63, 3.8) is 0 Å². The number of carbonyl (C=O) groups excluding carboxylic acids is 1. The van der Waals surface area contributed by atoms with Crippen LogP contribution in [-0.4, -0.2) is 43.2 Å². The van der Waals surface area contributed by atoms with E-state index < -0.39 is 11.6 Å². The van der Waals surface area contributed by atoms with Gasteiger partial charge in [0, 0.05) is 10.9 Å². The molecule has 1 aromatic carbocycles. The summed E-state index contributed by atoms with van der Waals surface area (Å²) in [5.41, 5.74) is 0.970. The summed E-state index contributed by atoms with van der Waals surface area (Å²) in [5, 5.41) is 4.94. The van der Waals surface area contributed by atoms with Gasteiger partial charge in [0.1, 0.15) is 13.1 Å². The maximum absolute atomic E-state index is 13.3. The second kappa shape index (κ2) is 7.33. The molecule has 0 saturated carbocycles. The highest BCUT2D eigenvalue weighted by Crippen LogP contribution is 2.26. The van der Waals surface area contributed by atoms with E-state index in [1.54, 1.807) is 5.38 Å². The van der Waals surface area contributed by atoms with Crippen LogP contribution >= 0.6 is 11.3 Å². The lowest BCUT2D eigenvalue weighted by molar-refractivity contribution is -0.921. The Bertz CT molecular complexity index is 732. The molecule has 1 aliphatic rings. The molecular formula is C16H18F2N3O2S+. The van der Waals surface area contributed by atoms with Crippen molar-refractivity contribution in [3.05, 3.63) is 35.2 Å². The predicted octanol–water partition coefficient (Wildman–Crippen LogP) is 1.33. The van der Waals surface area contributed by atoms with Crippen molar-refractivity contribution in [2.75, 3.05) is 31.6 Å². The number of thiazole rings is 1. The van der Waals surface area contributed by atoms with Gasteiger partial charge in [-0.05, 0) is 25.1 Å². The Kier molecular flexibility index (Phi) is 5.17. The smallest absolute Gasteiger partial charge is 0.284 e. The van der Waals surface area contributed by atoms with Crippen LogP contribution in [0.4, 0.5) is 13.9 Å². The largest absolute Gasteiger partial charge is 0.370 e. The maximum atomic E-state index is 13.3. The van der Waals surface area contributed by atoms with Crippen LogP contribution in [-0.2, 0) is 9.53 Å². The molecule has 8 heteroatoms. The van der Waals surface area contributed by atoms with Crippen molar-refractivity contribution in [3.8, 4) is 11.3 Å². The second-order valence-corrected chi connectivity index (χ2v) is 6.51. The molecule has 0 aliphatic carbocycles. The Morgan fingerprint density at radius 1 is 1.33 bits per heavy atom. The zero-order valence-electron chi connectivity index (χ0n) is 13.1. The SMILES string of the molecule is C[C@@H](C(=O)Nc1nc(-c2ccc(F)c(F)c2)cs1)[NH+]1CCOCC1. The number of amides is 1. The molecule has 1 amide bonds. The van der Waals surface area contributed by atoms with Crippen molar-refractivity contribution in [1.29, 1.82) is 0 Å². The minimum absolute atomic E-state index is 0.113. The molecule has 2 heterocycles. The highest BCUT2D eigenvalue weighted by molar-refractivity contribution is 7.14. The van der Waals surface area contributed by atoms with E-state index >= 15 is 0 Å². The minimum Gasteiger partial charge on any atom is -0.370 e. The van der Waals surface area contributed by atoms with E-state index in [1.807, 2.05) is 6.92 Å². The Morgan fingerprint density at radius 2 is 2.08 bits per heavy atom. The van der Waals surface area contributed by atoms with Gasteiger partial charge in [0.25, 0.3) is 5.91 Å². The van der Waals surface area contributed by atoms with Crippen LogP contribution in [0.1, 0.15) is 6.92 Å². The van der Waals surface area contributed by atoms with Gasteiger partial charge in [-0.3, -0.25) is 10.1 Å². The fraction of sp³-hybridized carbons (Fsp3) is 0.375. The van der Waals surface area contributed by atoms with Gasteiger partial charge >= 0.3 is 0 Å². The van der Waals surface area contributed by atoms with Crippen LogP contribution in [0.5, 0.6) is 0 Å². The first kappa shape index (κ1) is 16.9. The number of quaternary nitrogens is 1. The molecule has 1 atom stereocenters. The van der Waals surface area contributed by atoms with Crippen LogP contribution in [0, 0.1) is 11.6 Å². The molecule has 1 saturated heterocycles. The van der Waals surface area contributed by atoms with E-state index in [0.717, 1.165) is 25.2 Å². The Hall–Kier alpha value is -1.90. The van der Waals surface area contributed by atoms with Crippen molar-refractivity contribution < 1.29 is 23.2 Å². The topological polar surface area (TPSA) is 55.7 Å². The van der Waals surface area contributed by atoms with Gasteiger partial charge in [-0.15, -0.1) is 11.3 Å². The summed E-state index contributed by atoms with van der Waals surface area (Å²) in [6.45, 7) is 4.79. The predicted molar refractivity (Wildman–Crippen MR) is 87.1 cm³/mol. The van der Waals surface area contributed by atoms with Gasteiger partial charge in [-0.25, -0.2) is 13.8 Å². The summed E-state index contributed by atoms with van der Waals surface area (Å²) >= 11 is 1.25. The number of ether oxygens (including phenoxy) is 1. The standard InChI is InChI=1S/C16H17F2N3O2S/c1-10(21-4-6-23-7-5-21)15(22)20-16-19-14(9-24-16)11-2-3-12(17)13(18)8-11/h2-3,8-10H,4-7H2,1H3,(H,19,20,22)/p+1/t10-/m0/s1. The van der Waals surface area contributed by atoms with E-state index in [0.29, 0.717) is 29.6 Å². The second-order valence-electron chi connectivity index (χ2n) is 5.65. The normalized spacial score (nSPS) is 16.8. The summed E-state index contributed by atoms with van der Waals surface area (Å²) in [6.07, 6.45) is 0. The molecule has 2 aromatic rings. The number of benzene rings is 1. The summed E-state index contributed by atoms with van der Waals surface area (Å²) < 4.78 is 31.6. The number of hydrogen-bond acceptors (Lipinski definition) is 4. The molecule has 128 valence electrons. The van der Waals surface area contributed by atoms with E-state index in [2.05, 4.69) is 10.3 Å². The first-order chi connectivity index (χ1) is 11.5. The van der Waals surface area contributed by atoms with Crippen molar-refractivity contribution in [2.45, 2.75) is 13.0 Å². The van der Waals surface area contributed by atoms with Crippen LogP contribution < -0.4 is 10.2 Å². The van der Waals surface area contributed by atoms with Gasteiger partial charge in [0.2, 0.25) is 0 Å². The van der Waals surface area contributed by atoms with Crippen molar-refractivity contribution in [1.82, 2.24) is 4.98 Å². The maximum Gasteiger partial charge on any atom is 0.284 e. The third-order valence-corrected chi connectivity index (χ3v) is 4.85. The van der Waals surface area contributed by atoms with Gasteiger partial charge < -0.3 is 9.64 Å². The van der Waals surface area contributed by atoms with Gasteiger partial charge in [-0.1, -0.05) is 0 Å². The molecule has 1 aromatic heterocycles. The Balaban J connectivity index is 1.66. The molecule has 2 N–H and O–H groups in total. The summed E-state index contributed by atoms with van der Waals surface area (Å²) in [4.78, 5) is 17.8. The average molecular weight is 354 g/mol. The molecule has 0 radical (unpaired) electrons. The number of carbonyl (C=O) groups is 1. The van der Waals surface area contributed by atoms with Crippen molar-refractivity contribution in [2.24, 2.45) is 0 Å². The van der Waals surface area contributed by atoms with E-state index in [9.17, 15) is 13.6 Å². The zero-order chi connectivity index (χ0) is 17.1. The highest BCUT2D eigenvalue weighted by atomic mass is 32.1. The lowest BCUT2D eigenvalue weighted by Gasteiger charge is -2.28. The minimum atomic E-state index is -0.921. The van der Waals surface area contributed by atoms with Gasteiger partial charge in [0.15, 0.2) is 22.8 Å². The number of nitrogens with zero attached hydrogens (tertiary/aromatic N) is 1. The number of morpholine rings is 1. The Labute approximate surface area is 142 Å². The first-order valence-electron chi connectivity index (χ1n) is 7.68. The van der Waals surface area contributed by atoms with Crippen LogP contribution in [0.25, 0.3) is 11.3 Å². The van der Waals surface area contributed by atoms with Gasteiger partial charge in [-0.2, -0.15) is 0 Å². The molecule has 3 rings (SSSR count). The summed E-state index contributed by atoms with van der Waals surface area (Å²) in [6, 6.07) is 3.41. The van der Waals surface area contributed by atoms with Gasteiger partial charge in [0.05, 0.1) is 18.9 Å². The Morgan fingerprint density at radius 3 is 2.79 bits per heavy atom. The number of anilines is 1. The lowest BCUT2D eigenvalue weighted by Crippen LogP contribution is -3.18. The molecule has 0 unspecified atom stereocenters. The first-order valence-corrected chi connectivity index (χ1v) is 8.56. The number of rotatable bonds is 4. The monoisotopic (exact) mass is 354 g/mol. The highest BCUT2D eigenvalue weighted by Gasteiger charge is 2.27. The van der Waals surface area contributed by atoms with E-state index in [4.69, 9.17) is 4.74 Å². The number of halogens is 2. The molecule has 0 spiro atoms. The third-order valence-electron chi connectivity index (χ3n) is 4.09. The molecule has 5 nitrogen and oxygen atoms in total. The summed E-state index contributed by atoms with van der Waals surface area (Å²) in [7, 11) is 0. The molecule has 0 bridgehead atoms. The number of hydrogen-bond donors (Lipinski definition) is 2. The molecular weight excluding hydrogens is 336 g/mol. The molecule has 1 aliphatic heterocycles. The molecule has 1 fully saturated rings. The number of nitrogens with one attached hydrogen (secondary N) is 2. The molecule has 24 heavy (non-hydrogen) atoms. The summed E-state index contributed by atoms with van der Waals surface area (Å²) in [5.74, 6) is -1.93. The zero-order valence-corrected chi connectivity index (χ0v) is 14.0. The fourth-order valence-corrected chi connectivity index (χ4v) is 3.31. The lowest BCUT2D eigenvalue weighted by atomic mass is 10.2. The third kappa shape index (κ3) is 3.77. The van der Waals surface area contributed by atoms with Crippen LogP contribution in [0.3, 0.4) is 0 Å². The average Bonchev–Trinajstić information content (AvgIpc) is 3.06. The van der Waals surface area contributed by atoms with E-state index in [1.165, 1.54) is 22.3 Å². The quantitative estimate of drug-likeness (QED) is 0.871. The van der Waals surface area contributed by atoms with Crippen LogP contribution in [0.15, 0.2) is 23.6 Å².